The number of amides is 1. The van der Waals surface area contributed by atoms with Gasteiger partial charge in [0.2, 0.25) is 0 Å². The molecule has 122 valence electrons. The normalized spacial score (nSPS) is 16.2. The van der Waals surface area contributed by atoms with Crippen LogP contribution in [0.5, 0.6) is 0 Å². The lowest BCUT2D eigenvalue weighted by Gasteiger charge is -2.45. The first kappa shape index (κ1) is 16.7. The van der Waals surface area contributed by atoms with Crippen LogP contribution in [0.3, 0.4) is 0 Å². The molecule has 2 rings (SSSR count). The monoisotopic (exact) mass is 317 g/mol. The number of rotatable bonds is 3. The number of carbonyl (C=O) groups excluding carboxylic acids is 1. The van der Waals surface area contributed by atoms with Crippen molar-refractivity contribution in [3.05, 3.63) is 39.9 Å². The van der Waals surface area contributed by atoms with Gasteiger partial charge in [0.25, 0.3) is 5.69 Å². The van der Waals surface area contributed by atoms with Gasteiger partial charge in [0.1, 0.15) is 5.60 Å². The lowest BCUT2D eigenvalue weighted by Crippen LogP contribution is -2.59. The van der Waals surface area contributed by atoms with Crippen LogP contribution >= 0.6 is 0 Å². The number of ether oxygens (including phenoxy) is 1. The SMILES string of the molecule is CC(C)(C)OC(=O)N1CC(C#N)(Cc2ccccc2[N+](=O)[O-])C1. The second-order valence-electron chi connectivity index (χ2n) is 6.79. The zero-order valence-corrected chi connectivity index (χ0v) is 13.4. The zero-order valence-electron chi connectivity index (χ0n) is 13.4. The summed E-state index contributed by atoms with van der Waals surface area (Å²) < 4.78 is 5.26. The lowest BCUT2D eigenvalue weighted by molar-refractivity contribution is -0.385. The van der Waals surface area contributed by atoms with Gasteiger partial charge in [-0.15, -0.1) is 0 Å². The average molecular weight is 317 g/mol. The molecule has 1 heterocycles. The summed E-state index contributed by atoms with van der Waals surface area (Å²) in [7, 11) is 0. The molecule has 0 spiro atoms. The summed E-state index contributed by atoms with van der Waals surface area (Å²) in [6, 6.07) is 8.57. The fraction of sp³-hybridized carbons (Fsp3) is 0.500. The first-order chi connectivity index (χ1) is 10.7. The topological polar surface area (TPSA) is 96.5 Å². The first-order valence-electron chi connectivity index (χ1n) is 7.27. The van der Waals surface area contributed by atoms with Gasteiger partial charge in [-0.25, -0.2) is 4.79 Å². The number of nitrogens with zero attached hydrogens (tertiary/aromatic N) is 3. The van der Waals surface area contributed by atoms with E-state index in [2.05, 4.69) is 6.07 Å². The maximum atomic E-state index is 12.0. The highest BCUT2D eigenvalue weighted by Gasteiger charge is 2.47. The highest BCUT2D eigenvalue weighted by molar-refractivity contribution is 5.70. The minimum Gasteiger partial charge on any atom is -0.444 e. The van der Waals surface area contributed by atoms with E-state index in [4.69, 9.17) is 4.74 Å². The lowest BCUT2D eigenvalue weighted by atomic mass is 9.76. The molecule has 0 aromatic heterocycles. The summed E-state index contributed by atoms with van der Waals surface area (Å²) in [6.07, 6.45) is -0.231. The molecule has 1 aromatic rings. The van der Waals surface area contributed by atoms with Crippen molar-refractivity contribution in [2.24, 2.45) is 5.41 Å². The second kappa shape index (κ2) is 5.88. The van der Waals surface area contributed by atoms with Crippen molar-refractivity contribution in [1.29, 1.82) is 5.26 Å². The van der Waals surface area contributed by atoms with E-state index < -0.39 is 22.0 Å². The Balaban J connectivity index is 2.08. The Morgan fingerprint density at radius 2 is 2.04 bits per heavy atom. The van der Waals surface area contributed by atoms with Gasteiger partial charge in [-0.2, -0.15) is 5.26 Å². The number of carbonyl (C=O) groups is 1. The van der Waals surface area contributed by atoms with Gasteiger partial charge in [0.05, 0.1) is 16.4 Å². The number of nitro groups is 1. The number of benzene rings is 1. The first-order valence-corrected chi connectivity index (χ1v) is 7.27. The zero-order chi connectivity index (χ0) is 17.3. The molecule has 0 radical (unpaired) electrons. The molecule has 0 aliphatic carbocycles. The summed E-state index contributed by atoms with van der Waals surface area (Å²) in [5, 5.41) is 20.5. The van der Waals surface area contributed by atoms with Crippen LogP contribution in [0.2, 0.25) is 0 Å². The molecule has 0 saturated carbocycles. The number of nitriles is 1. The molecule has 1 fully saturated rings. The van der Waals surface area contributed by atoms with E-state index in [0.717, 1.165) is 0 Å². The summed E-state index contributed by atoms with van der Waals surface area (Å²) in [6.45, 7) is 5.75. The van der Waals surface area contributed by atoms with E-state index in [9.17, 15) is 20.2 Å². The molecule has 1 amide bonds. The van der Waals surface area contributed by atoms with Crippen LogP contribution in [0, 0.1) is 26.9 Å². The van der Waals surface area contributed by atoms with E-state index in [1.807, 2.05) is 0 Å². The molecule has 23 heavy (non-hydrogen) atoms. The van der Waals surface area contributed by atoms with Crippen molar-refractivity contribution in [2.75, 3.05) is 13.1 Å². The largest absolute Gasteiger partial charge is 0.444 e. The molecule has 0 unspecified atom stereocenters. The summed E-state index contributed by atoms with van der Waals surface area (Å²) in [5.74, 6) is 0. The highest BCUT2D eigenvalue weighted by atomic mass is 16.6. The van der Waals surface area contributed by atoms with Crippen LogP contribution < -0.4 is 0 Å². The minimum atomic E-state index is -0.803. The van der Waals surface area contributed by atoms with Crippen molar-refractivity contribution >= 4 is 11.8 Å². The Labute approximate surface area is 134 Å². The standard InChI is InChI=1S/C16H19N3O4/c1-15(2,3)23-14(20)18-10-16(9-17,11-18)8-12-6-4-5-7-13(12)19(21)22/h4-7H,8,10-11H2,1-3H3. The van der Waals surface area contributed by atoms with E-state index >= 15 is 0 Å². The van der Waals surface area contributed by atoms with Gasteiger partial charge in [-0.05, 0) is 20.8 Å². The molecule has 7 heteroatoms. The Kier molecular flexibility index (Phi) is 4.28. The maximum absolute atomic E-state index is 12.0. The summed E-state index contributed by atoms with van der Waals surface area (Å²) >= 11 is 0. The Morgan fingerprint density at radius 1 is 1.43 bits per heavy atom. The van der Waals surface area contributed by atoms with E-state index in [-0.39, 0.29) is 25.2 Å². The number of para-hydroxylation sites is 1. The van der Waals surface area contributed by atoms with Crippen molar-refractivity contribution in [3.8, 4) is 6.07 Å². The van der Waals surface area contributed by atoms with Crippen LogP contribution in [0.1, 0.15) is 26.3 Å². The van der Waals surface area contributed by atoms with Gasteiger partial charge >= 0.3 is 6.09 Å². The third-order valence-corrected chi connectivity index (χ3v) is 3.59. The predicted octanol–water partition coefficient (Wildman–Crippen LogP) is 2.90. The van der Waals surface area contributed by atoms with Gasteiger partial charge in [0.15, 0.2) is 0 Å². The maximum Gasteiger partial charge on any atom is 0.410 e. The average Bonchev–Trinajstić information content (AvgIpc) is 2.40. The Bertz CT molecular complexity index is 667. The van der Waals surface area contributed by atoms with Crippen LogP contribution in [-0.4, -0.2) is 34.6 Å². The second-order valence-corrected chi connectivity index (χ2v) is 6.79. The molecule has 1 saturated heterocycles. The Morgan fingerprint density at radius 3 is 2.57 bits per heavy atom. The number of nitro benzene ring substituents is 1. The highest BCUT2D eigenvalue weighted by Crippen LogP contribution is 2.36. The molecule has 0 N–H and O–H groups in total. The van der Waals surface area contributed by atoms with Crippen LogP contribution in [0.25, 0.3) is 0 Å². The number of hydrogen-bond acceptors (Lipinski definition) is 5. The predicted molar refractivity (Wildman–Crippen MR) is 82.7 cm³/mol. The summed E-state index contributed by atoms with van der Waals surface area (Å²) in [5.41, 5.74) is -0.899. The third kappa shape index (κ3) is 3.77. The molecule has 1 aromatic carbocycles. The fourth-order valence-corrected chi connectivity index (χ4v) is 2.56. The van der Waals surface area contributed by atoms with Gasteiger partial charge in [0, 0.05) is 31.1 Å². The molecule has 1 aliphatic rings. The molecular formula is C16H19N3O4. The van der Waals surface area contributed by atoms with Crippen molar-refractivity contribution < 1.29 is 14.5 Å². The molecule has 1 aliphatic heterocycles. The van der Waals surface area contributed by atoms with Crippen LogP contribution in [-0.2, 0) is 11.2 Å². The third-order valence-electron chi connectivity index (χ3n) is 3.59. The van der Waals surface area contributed by atoms with Gasteiger partial charge in [-0.3, -0.25) is 10.1 Å². The molecule has 0 bridgehead atoms. The van der Waals surface area contributed by atoms with E-state index in [0.29, 0.717) is 5.56 Å². The van der Waals surface area contributed by atoms with Crippen LogP contribution in [0.4, 0.5) is 10.5 Å². The Hall–Kier alpha value is -2.62. The van der Waals surface area contributed by atoms with Crippen molar-refractivity contribution in [1.82, 2.24) is 4.90 Å². The van der Waals surface area contributed by atoms with Crippen LogP contribution in [0.15, 0.2) is 24.3 Å². The quantitative estimate of drug-likeness (QED) is 0.630. The van der Waals surface area contributed by atoms with E-state index in [1.165, 1.54) is 11.0 Å². The molecular weight excluding hydrogens is 298 g/mol. The molecule has 7 nitrogen and oxygen atoms in total. The van der Waals surface area contributed by atoms with Crippen molar-refractivity contribution in [3.63, 3.8) is 0 Å². The number of likely N-dealkylation sites (tertiary alicyclic amines) is 1. The van der Waals surface area contributed by atoms with Gasteiger partial charge in [-0.1, -0.05) is 18.2 Å². The minimum absolute atomic E-state index is 0.00200. The van der Waals surface area contributed by atoms with Gasteiger partial charge < -0.3 is 9.64 Å². The fourth-order valence-electron chi connectivity index (χ4n) is 2.56. The van der Waals surface area contributed by atoms with E-state index in [1.54, 1.807) is 39.0 Å². The summed E-state index contributed by atoms with van der Waals surface area (Å²) in [4.78, 5) is 24.0. The smallest absolute Gasteiger partial charge is 0.410 e. The molecule has 0 atom stereocenters. The number of hydrogen-bond donors (Lipinski definition) is 0. The van der Waals surface area contributed by atoms with Crippen molar-refractivity contribution in [2.45, 2.75) is 32.8 Å².